The lowest BCUT2D eigenvalue weighted by atomic mass is 10.1. The van der Waals surface area contributed by atoms with Crippen molar-refractivity contribution in [1.29, 1.82) is 0 Å². The minimum atomic E-state index is -4.57. The number of nitrogens with zero attached hydrogens (tertiary/aromatic N) is 5. The third-order valence-electron chi connectivity index (χ3n) is 7.19. The zero-order chi connectivity index (χ0) is 37.6. The summed E-state index contributed by atoms with van der Waals surface area (Å²) < 4.78 is 114. The van der Waals surface area contributed by atoms with Crippen LogP contribution in [0.2, 0.25) is 0 Å². The Morgan fingerprint density at radius 1 is 0.635 bits per heavy atom. The smallest absolute Gasteiger partial charge is 0.417 e. The number of ether oxygens (including phenoxy) is 2. The van der Waals surface area contributed by atoms with Gasteiger partial charge in [-0.1, -0.05) is 12.1 Å². The average molecular weight is 733 g/mol. The molecule has 10 nitrogen and oxygen atoms in total. The molecule has 270 valence electrons. The highest BCUT2D eigenvalue weighted by molar-refractivity contribution is 6.21. The molecule has 0 bridgehead atoms. The lowest BCUT2D eigenvalue weighted by molar-refractivity contribution is -0.138. The number of hydrogen-bond acceptors (Lipinski definition) is 9. The topological polar surface area (TPSA) is 133 Å². The van der Waals surface area contributed by atoms with Crippen molar-refractivity contribution in [2.75, 3.05) is 0 Å². The van der Waals surface area contributed by atoms with Gasteiger partial charge in [0.15, 0.2) is 23.1 Å². The second kappa shape index (κ2) is 15.5. The molecule has 0 spiro atoms. The number of halogens is 8. The summed E-state index contributed by atoms with van der Waals surface area (Å²) in [6, 6.07) is 10.6. The van der Waals surface area contributed by atoms with Gasteiger partial charge in [0.2, 0.25) is 0 Å². The molecule has 2 amide bonds. The molecule has 0 atom stereocenters. The van der Waals surface area contributed by atoms with E-state index in [9.17, 15) is 44.7 Å². The molecule has 0 saturated carbocycles. The van der Waals surface area contributed by atoms with Crippen molar-refractivity contribution in [3.63, 3.8) is 0 Å². The molecule has 4 aromatic heterocycles. The summed E-state index contributed by atoms with van der Waals surface area (Å²) in [5.74, 6) is -2.95. The van der Waals surface area contributed by atoms with E-state index < -0.39 is 46.9 Å². The molecule has 5 heterocycles. The zero-order valence-corrected chi connectivity index (χ0v) is 26.4. The van der Waals surface area contributed by atoms with Gasteiger partial charge in [-0.2, -0.15) is 26.3 Å². The lowest BCUT2D eigenvalue weighted by Gasteiger charge is -2.14. The number of nitrogens with two attached hydrogens (primary N) is 1. The van der Waals surface area contributed by atoms with Gasteiger partial charge in [0.1, 0.15) is 13.2 Å². The van der Waals surface area contributed by atoms with Crippen LogP contribution in [-0.4, -0.2) is 36.7 Å². The molecule has 0 aliphatic carbocycles. The Hall–Kier alpha value is -6.04. The van der Waals surface area contributed by atoms with Gasteiger partial charge in [0.05, 0.1) is 52.6 Å². The summed E-state index contributed by atoms with van der Waals surface area (Å²) in [7, 11) is 0. The number of pyridine rings is 4. The largest absolute Gasteiger partial charge is 0.486 e. The maximum absolute atomic E-state index is 14.1. The lowest BCUT2D eigenvalue weighted by Crippen LogP contribution is -2.29. The summed E-state index contributed by atoms with van der Waals surface area (Å²) in [6.45, 7) is -0.734. The highest BCUT2D eigenvalue weighted by Gasteiger charge is 2.35. The molecule has 1 aliphatic rings. The first kappa shape index (κ1) is 37.2. The maximum Gasteiger partial charge on any atom is 0.417 e. The van der Waals surface area contributed by atoms with E-state index in [4.69, 9.17) is 15.2 Å². The SMILES string of the molecule is NCc1cc(OCc2cncc(C(F)(F)F)c2)c(F)cn1.O=C1c2ccccc2C(=O)N1Cc1cc(OCc2cncc(C(F)(F)F)c2)c(F)cn1. The summed E-state index contributed by atoms with van der Waals surface area (Å²) in [6.07, 6.45) is -3.47. The number of fused-ring (bicyclic) bond motifs is 1. The first-order valence-electron chi connectivity index (χ1n) is 14.9. The van der Waals surface area contributed by atoms with Crippen molar-refractivity contribution in [2.24, 2.45) is 5.73 Å². The monoisotopic (exact) mass is 732 g/mol. The fourth-order valence-electron chi connectivity index (χ4n) is 4.65. The number of alkyl halides is 6. The Bertz CT molecular complexity index is 2060. The van der Waals surface area contributed by atoms with Crippen LogP contribution in [0.25, 0.3) is 0 Å². The number of imide groups is 1. The molecule has 52 heavy (non-hydrogen) atoms. The molecule has 6 rings (SSSR count). The van der Waals surface area contributed by atoms with Crippen molar-refractivity contribution in [3.05, 3.63) is 142 Å². The van der Waals surface area contributed by atoms with Crippen molar-refractivity contribution < 1.29 is 54.2 Å². The molecule has 0 radical (unpaired) electrons. The summed E-state index contributed by atoms with van der Waals surface area (Å²) in [4.78, 5) is 40.5. The maximum atomic E-state index is 14.1. The van der Waals surface area contributed by atoms with Crippen molar-refractivity contribution in [1.82, 2.24) is 24.8 Å². The number of aromatic nitrogens is 4. The average Bonchev–Trinajstić information content (AvgIpc) is 3.36. The molecular formula is C34H24F8N6O4. The van der Waals surface area contributed by atoms with Crippen LogP contribution in [-0.2, 0) is 38.7 Å². The molecule has 0 unspecified atom stereocenters. The van der Waals surface area contributed by atoms with Gasteiger partial charge in [0.25, 0.3) is 11.8 Å². The second-order valence-electron chi connectivity index (χ2n) is 10.9. The van der Waals surface area contributed by atoms with E-state index in [-0.39, 0.29) is 65.8 Å². The first-order chi connectivity index (χ1) is 24.6. The van der Waals surface area contributed by atoms with E-state index in [1.165, 1.54) is 36.7 Å². The van der Waals surface area contributed by atoms with Crippen LogP contribution in [0.4, 0.5) is 35.1 Å². The van der Waals surface area contributed by atoms with E-state index in [1.54, 1.807) is 12.1 Å². The standard InChI is InChI=1S/C21H13F4N3O3.C13H11F4N3O/c22-17-9-27-14(10-28-19(29)15-3-1-2-4-16(15)20(28)30)6-18(17)31-11-12-5-13(8-26-7-12)21(23,24)25;14-11-6-20-10(3-18)2-12(11)21-7-8-1-9(5-19-4-8)13(15,16)17/h1-9H,10-11H2;1-2,4-6H,3,7,18H2. The Balaban J connectivity index is 0.000000217. The molecule has 2 N–H and O–H groups in total. The van der Waals surface area contributed by atoms with Crippen LogP contribution in [0.1, 0.15) is 54.4 Å². The molecule has 18 heteroatoms. The molecular weight excluding hydrogens is 708 g/mol. The predicted octanol–water partition coefficient (Wildman–Crippen LogP) is 6.68. The second-order valence-corrected chi connectivity index (χ2v) is 10.9. The number of hydrogen-bond donors (Lipinski definition) is 1. The summed E-state index contributed by atoms with van der Waals surface area (Å²) >= 11 is 0. The number of carbonyl (C=O) groups excluding carboxylic acids is 2. The van der Waals surface area contributed by atoms with Crippen LogP contribution in [0, 0.1) is 11.6 Å². The minimum Gasteiger partial charge on any atom is -0.486 e. The van der Waals surface area contributed by atoms with Crippen molar-refractivity contribution >= 4 is 11.8 Å². The van der Waals surface area contributed by atoms with Gasteiger partial charge in [-0.15, -0.1) is 0 Å². The van der Waals surface area contributed by atoms with E-state index in [0.717, 1.165) is 29.4 Å². The van der Waals surface area contributed by atoms with E-state index in [1.807, 2.05) is 0 Å². The summed E-state index contributed by atoms with van der Waals surface area (Å²) in [5.41, 5.74) is 4.92. The summed E-state index contributed by atoms with van der Waals surface area (Å²) in [5, 5.41) is 0. The fourth-order valence-corrected chi connectivity index (χ4v) is 4.65. The van der Waals surface area contributed by atoms with Crippen LogP contribution in [0.3, 0.4) is 0 Å². The van der Waals surface area contributed by atoms with Gasteiger partial charge < -0.3 is 15.2 Å². The Morgan fingerprint density at radius 3 is 1.52 bits per heavy atom. The molecule has 1 aromatic carbocycles. The molecule has 0 saturated heterocycles. The number of benzene rings is 1. The zero-order valence-electron chi connectivity index (χ0n) is 26.4. The van der Waals surface area contributed by atoms with Gasteiger partial charge in [-0.25, -0.2) is 8.78 Å². The highest BCUT2D eigenvalue weighted by atomic mass is 19.4. The fraction of sp³-hybridized carbons (Fsp3) is 0.176. The third-order valence-corrected chi connectivity index (χ3v) is 7.19. The number of carbonyl (C=O) groups is 2. The Morgan fingerprint density at radius 2 is 1.08 bits per heavy atom. The van der Waals surface area contributed by atoms with Gasteiger partial charge in [0, 0.05) is 54.6 Å². The Labute approximate surface area is 288 Å². The van der Waals surface area contributed by atoms with Crippen LogP contribution < -0.4 is 15.2 Å². The number of amides is 2. The van der Waals surface area contributed by atoms with Gasteiger partial charge in [-0.3, -0.25) is 34.4 Å². The van der Waals surface area contributed by atoms with Gasteiger partial charge in [-0.05, 0) is 24.3 Å². The minimum absolute atomic E-state index is 0.0907. The van der Waals surface area contributed by atoms with E-state index in [0.29, 0.717) is 18.1 Å². The molecule has 1 aliphatic heterocycles. The van der Waals surface area contributed by atoms with Crippen LogP contribution in [0.15, 0.2) is 85.7 Å². The number of rotatable bonds is 9. The van der Waals surface area contributed by atoms with E-state index >= 15 is 0 Å². The van der Waals surface area contributed by atoms with Crippen molar-refractivity contribution in [3.8, 4) is 11.5 Å². The van der Waals surface area contributed by atoms with Gasteiger partial charge >= 0.3 is 12.4 Å². The molecule has 5 aromatic rings. The van der Waals surface area contributed by atoms with Crippen LogP contribution in [0.5, 0.6) is 11.5 Å². The molecule has 0 fully saturated rings. The predicted molar refractivity (Wildman–Crippen MR) is 164 cm³/mol. The van der Waals surface area contributed by atoms with E-state index in [2.05, 4.69) is 19.9 Å². The quantitative estimate of drug-likeness (QED) is 0.130. The third kappa shape index (κ3) is 9.00. The Kier molecular flexibility index (Phi) is 11.1. The highest BCUT2D eigenvalue weighted by Crippen LogP contribution is 2.31. The van der Waals surface area contributed by atoms with Crippen molar-refractivity contribution in [2.45, 2.75) is 38.7 Å². The first-order valence-corrected chi connectivity index (χ1v) is 14.9. The van der Waals surface area contributed by atoms with Crippen LogP contribution >= 0.6 is 0 Å². The normalized spacial score (nSPS) is 12.7.